The van der Waals surface area contributed by atoms with Gasteiger partial charge in [-0.1, -0.05) is 35.5 Å². The van der Waals surface area contributed by atoms with Gasteiger partial charge >= 0.3 is 5.97 Å². The third-order valence-corrected chi connectivity index (χ3v) is 1.49. The van der Waals surface area contributed by atoms with Crippen molar-refractivity contribution in [3.05, 3.63) is 35.9 Å². The SMILES string of the molecule is C=NOC(=O)[C@@H](O)c1ccccc1. The van der Waals surface area contributed by atoms with Crippen LogP contribution in [0.15, 0.2) is 35.5 Å². The number of oxime groups is 1. The van der Waals surface area contributed by atoms with E-state index in [-0.39, 0.29) is 0 Å². The summed E-state index contributed by atoms with van der Waals surface area (Å²) in [6.45, 7) is 2.97. The minimum atomic E-state index is -1.30. The number of aliphatic hydroxyl groups excluding tert-OH is 1. The molecule has 0 aliphatic heterocycles. The van der Waals surface area contributed by atoms with Crippen LogP contribution in [-0.4, -0.2) is 17.8 Å². The van der Waals surface area contributed by atoms with E-state index in [1.807, 2.05) is 0 Å². The van der Waals surface area contributed by atoms with Crippen LogP contribution in [0.4, 0.5) is 0 Å². The minimum Gasteiger partial charge on any atom is -0.377 e. The first-order valence-electron chi connectivity index (χ1n) is 3.65. The van der Waals surface area contributed by atoms with Gasteiger partial charge in [-0.3, -0.25) is 0 Å². The molecule has 13 heavy (non-hydrogen) atoms. The van der Waals surface area contributed by atoms with E-state index >= 15 is 0 Å². The molecule has 0 spiro atoms. The number of benzene rings is 1. The summed E-state index contributed by atoms with van der Waals surface area (Å²) in [6.07, 6.45) is -1.30. The van der Waals surface area contributed by atoms with Crippen LogP contribution in [0.5, 0.6) is 0 Å². The van der Waals surface area contributed by atoms with Crippen LogP contribution in [0.2, 0.25) is 0 Å². The summed E-state index contributed by atoms with van der Waals surface area (Å²) in [7, 11) is 0. The molecule has 1 aromatic carbocycles. The lowest BCUT2D eigenvalue weighted by Crippen LogP contribution is -2.12. The Morgan fingerprint density at radius 3 is 2.62 bits per heavy atom. The normalized spacial score (nSPS) is 11.8. The van der Waals surface area contributed by atoms with Crippen LogP contribution < -0.4 is 0 Å². The summed E-state index contributed by atoms with van der Waals surface area (Å²) >= 11 is 0. The molecule has 1 aromatic rings. The van der Waals surface area contributed by atoms with E-state index in [9.17, 15) is 9.90 Å². The Morgan fingerprint density at radius 2 is 2.08 bits per heavy atom. The molecule has 4 nitrogen and oxygen atoms in total. The summed E-state index contributed by atoms with van der Waals surface area (Å²) in [5.41, 5.74) is 0.469. The van der Waals surface area contributed by atoms with Crippen molar-refractivity contribution in [2.45, 2.75) is 6.10 Å². The van der Waals surface area contributed by atoms with Gasteiger partial charge in [0, 0.05) is 6.72 Å². The molecule has 0 bridgehead atoms. The maximum atomic E-state index is 10.9. The number of nitrogens with zero attached hydrogens (tertiary/aromatic N) is 1. The lowest BCUT2D eigenvalue weighted by atomic mass is 10.1. The van der Waals surface area contributed by atoms with E-state index in [4.69, 9.17) is 0 Å². The Bertz CT molecular complexity index is 297. The molecule has 1 atom stereocenters. The van der Waals surface area contributed by atoms with Crippen molar-refractivity contribution in [1.82, 2.24) is 0 Å². The monoisotopic (exact) mass is 179 g/mol. The smallest absolute Gasteiger partial charge is 0.367 e. The van der Waals surface area contributed by atoms with Crippen LogP contribution in [0.1, 0.15) is 11.7 Å². The van der Waals surface area contributed by atoms with E-state index in [1.54, 1.807) is 30.3 Å². The number of rotatable bonds is 3. The molecule has 4 heteroatoms. The van der Waals surface area contributed by atoms with E-state index in [2.05, 4.69) is 16.7 Å². The summed E-state index contributed by atoms with van der Waals surface area (Å²) in [4.78, 5) is 15.1. The van der Waals surface area contributed by atoms with Gasteiger partial charge < -0.3 is 9.94 Å². The highest BCUT2D eigenvalue weighted by Crippen LogP contribution is 2.13. The number of carbonyl (C=O) groups is 1. The molecular formula is C9H9NO3. The molecule has 0 amide bonds. The van der Waals surface area contributed by atoms with Crippen molar-refractivity contribution < 1.29 is 14.7 Å². The standard InChI is InChI=1S/C9H9NO3/c1-10-13-9(12)8(11)7-5-3-2-4-6-7/h2-6,8,11H,1H2/t8-/m0/s1. The maximum absolute atomic E-state index is 10.9. The molecule has 0 heterocycles. The zero-order valence-electron chi connectivity index (χ0n) is 6.88. The first-order valence-corrected chi connectivity index (χ1v) is 3.65. The zero-order chi connectivity index (χ0) is 9.68. The van der Waals surface area contributed by atoms with Crippen molar-refractivity contribution in [1.29, 1.82) is 0 Å². The average molecular weight is 179 g/mol. The Kier molecular flexibility index (Phi) is 3.16. The second-order valence-corrected chi connectivity index (χ2v) is 2.35. The Balaban J connectivity index is 2.73. The third kappa shape index (κ3) is 2.38. The Labute approximate surface area is 75.4 Å². The predicted octanol–water partition coefficient (Wildman–Crippen LogP) is 0.879. The number of aliphatic hydroxyl groups is 1. The van der Waals surface area contributed by atoms with Gasteiger partial charge in [0.15, 0.2) is 6.10 Å². The van der Waals surface area contributed by atoms with Crippen molar-refractivity contribution in [3.8, 4) is 0 Å². The highest BCUT2D eigenvalue weighted by Gasteiger charge is 2.18. The molecule has 0 saturated heterocycles. The average Bonchev–Trinajstić information content (AvgIpc) is 2.18. The largest absolute Gasteiger partial charge is 0.377 e. The molecule has 0 fully saturated rings. The number of hydrogen-bond acceptors (Lipinski definition) is 4. The van der Waals surface area contributed by atoms with Crippen molar-refractivity contribution in [2.24, 2.45) is 5.16 Å². The molecule has 0 radical (unpaired) electrons. The van der Waals surface area contributed by atoms with Crippen LogP contribution >= 0.6 is 0 Å². The van der Waals surface area contributed by atoms with Crippen molar-refractivity contribution in [3.63, 3.8) is 0 Å². The minimum absolute atomic E-state index is 0.469. The highest BCUT2D eigenvalue weighted by molar-refractivity contribution is 5.76. The van der Waals surface area contributed by atoms with Gasteiger partial charge in [0.25, 0.3) is 0 Å². The molecule has 0 aromatic heterocycles. The van der Waals surface area contributed by atoms with Gasteiger partial charge in [-0.25, -0.2) is 4.79 Å². The molecule has 1 N–H and O–H groups in total. The van der Waals surface area contributed by atoms with Gasteiger partial charge in [0.05, 0.1) is 0 Å². The maximum Gasteiger partial charge on any atom is 0.367 e. The fourth-order valence-electron chi connectivity index (χ4n) is 0.885. The van der Waals surface area contributed by atoms with Crippen LogP contribution in [0.25, 0.3) is 0 Å². The lowest BCUT2D eigenvalue weighted by molar-refractivity contribution is -0.153. The van der Waals surface area contributed by atoms with E-state index in [0.717, 1.165) is 0 Å². The Morgan fingerprint density at radius 1 is 1.46 bits per heavy atom. The van der Waals surface area contributed by atoms with E-state index in [1.165, 1.54) is 0 Å². The first-order chi connectivity index (χ1) is 6.25. The van der Waals surface area contributed by atoms with Gasteiger partial charge in [-0.15, -0.1) is 0 Å². The molecule has 68 valence electrons. The second kappa shape index (κ2) is 4.37. The van der Waals surface area contributed by atoms with Crippen LogP contribution in [0, 0.1) is 0 Å². The van der Waals surface area contributed by atoms with Crippen LogP contribution in [0.3, 0.4) is 0 Å². The zero-order valence-corrected chi connectivity index (χ0v) is 6.88. The fraction of sp³-hybridized carbons (Fsp3) is 0.111. The topological polar surface area (TPSA) is 58.9 Å². The van der Waals surface area contributed by atoms with E-state index < -0.39 is 12.1 Å². The first kappa shape index (κ1) is 9.41. The summed E-state index contributed by atoms with van der Waals surface area (Å²) in [5.74, 6) is -0.832. The molecular weight excluding hydrogens is 170 g/mol. The molecule has 0 unspecified atom stereocenters. The van der Waals surface area contributed by atoms with Crippen molar-refractivity contribution >= 4 is 12.7 Å². The predicted molar refractivity (Wildman–Crippen MR) is 47.0 cm³/mol. The summed E-state index contributed by atoms with van der Waals surface area (Å²) in [5, 5.41) is 12.3. The van der Waals surface area contributed by atoms with Gasteiger partial charge in [0.1, 0.15) is 0 Å². The third-order valence-electron chi connectivity index (χ3n) is 1.49. The summed E-state index contributed by atoms with van der Waals surface area (Å²) in [6, 6.07) is 8.46. The summed E-state index contributed by atoms with van der Waals surface area (Å²) < 4.78 is 0. The fourth-order valence-corrected chi connectivity index (χ4v) is 0.885. The van der Waals surface area contributed by atoms with Gasteiger partial charge in [0.2, 0.25) is 0 Å². The lowest BCUT2D eigenvalue weighted by Gasteiger charge is -2.06. The second-order valence-electron chi connectivity index (χ2n) is 2.35. The van der Waals surface area contributed by atoms with Crippen LogP contribution in [-0.2, 0) is 9.63 Å². The molecule has 1 rings (SSSR count). The van der Waals surface area contributed by atoms with Gasteiger partial charge in [-0.05, 0) is 5.56 Å². The van der Waals surface area contributed by atoms with Crippen molar-refractivity contribution in [2.75, 3.05) is 0 Å². The molecule has 0 aliphatic rings. The van der Waals surface area contributed by atoms with Gasteiger partial charge in [-0.2, -0.15) is 0 Å². The number of hydrogen-bond donors (Lipinski definition) is 1. The number of carbonyl (C=O) groups excluding carboxylic acids is 1. The quantitative estimate of drug-likeness (QED) is 0.425. The molecule has 0 aliphatic carbocycles. The highest BCUT2D eigenvalue weighted by atomic mass is 16.7. The molecule has 0 saturated carbocycles. The van der Waals surface area contributed by atoms with E-state index in [0.29, 0.717) is 5.56 Å². The Hall–Kier alpha value is -1.68.